The van der Waals surface area contributed by atoms with Gasteiger partial charge < -0.3 is 4.52 Å². The Kier molecular flexibility index (Phi) is 4.83. The number of pyridine rings is 1. The molecule has 0 aliphatic rings. The highest BCUT2D eigenvalue weighted by Crippen LogP contribution is 2.39. The molecule has 0 spiro atoms. The number of nitrogens with zero attached hydrogens (tertiary/aromatic N) is 3. The fraction of sp³-hybridized carbons (Fsp3) is 0.188. The molecule has 3 aromatic rings. The second kappa shape index (κ2) is 6.90. The van der Waals surface area contributed by atoms with Crippen LogP contribution in [-0.2, 0) is 11.9 Å². The predicted octanol–water partition coefficient (Wildman–Crippen LogP) is 5.29. The summed E-state index contributed by atoms with van der Waals surface area (Å²) in [6.45, 7) is 1.72. The van der Waals surface area contributed by atoms with Crippen LogP contribution in [0.25, 0.3) is 10.6 Å². The maximum absolute atomic E-state index is 13.4. The molecule has 0 unspecified atom stereocenters. The molecule has 0 atom stereocenters. The van der Waals surface area contributed by atoms with Gasteiger partial charge in [0.25, 0.3) is 0 Å². The van der Waals surface area contributed by atoms with Crippen LogP contribution >= 0.6 is 23.1 Å². The zero-order valence-corrected chi connectivity index (χ0v) is 14.4. The fourth-order valence-corrected chi connectivity index (χ4v) is 3.71. The first kappa shape index (κ1) is 17.5. The monoisotopic (exact) mass is 381 g/mol. The molecular weight excluding hydrogens is 371 g/mol. The summed E-state index contributed by atoms with van der Waals surface area (Å²) in [6.07, 6.45) is -4.64. The lowest BCUT2D eigenvalue weighted by atomic mass is 10.1. The Morgan fingerprint density at radius 3 is 2.72 bits per heavy atom. The van der Waals surface area contributed by atoms with Gasteiger partial charge in [-0.05, 0) is 24.4 Å². The van der Waals surface area contributed by atoms with Crippen LogP contribution in [0, 0.1) is 18.3 Å². The maximum atomic E-state index is 13.4. The van der Waals surface area contributed by atoms with E-state index in [1.54, 1.807) is 36.6 Å². The minimum absolute atomic E-state index is 0.0291. The van der Waals surface area contributed by atoms with Crippen LogP contribution in [0.1, 0.15) is 22.6 Å². The van der Waals surface area contributed by atoms with E-state index in [1.165, 1.54) is 11.3 Å². The Hall–Kier alpha value is -2.31. The first-order valence-corrected chi connectivity index (χ1v) is 8.86. The van der Waals surface area contributed by atoms with Crippen molar-refractivity contribution in [3.63, 3.8) is 0 Å². The molecule has 4 nitrogen and oxygen atoms in total. The molecule has 0 aromatic carbocycles. The molecule has 0 fully saturated rings. The van der Waals surface area contributed by atoms with Crippen molar-refractivity contribution in [2.24, 2.45) is 0 Å². The van der Waals surface area contributed by atoms with E-state index < -0.39 is 17.3 Å². The van der Waals surface area contributed by atoms with Crippen molar-refractivity contribution < 1.29 is 17.7 Å². The third kappa shape index (κ3) is 3.86. The molecule has 3 rings (SSSR count). The van der Waals surface area contributed by atoms with Gasteiger partial charge in [0.05, 0.1) is 27.4 Å². The van der Waals surface area contributed by atoms with Crippen LogP contribution in [-0.4, -0.2) is 10.1 Å². The van der Waals surface area contributed by atoms with Crippen molar-refractivity contribution in [3.05, 3.63) is 52.2 Å². The Morgan fingerprint density at radius 2 is 2.16 bits per heavy atom. The van der Waals surface area contributed by atoms with Gasteiger partial charge in [0.2, 0.25) is 0 Å². The zero-order valence-electron chi connectivity index (χ0n) is 12.8. The average Bonchev–Trinajstić information content (AvgIpc) is 3.22. The summed E-state index contributed by atoms with van der Waals surface area (Å²) in [7, 11) is 0. The van der Waals surface area contributed by atoms with E-state index in [1.807, 2.05) is 0 Å². The molecule has 3 heterocycles. The van der Waals surface area contributed by atoms with E-state index in [2.05, 4.69) is 10.1 Å². The molecule has 0 aliphatic carbocycles. The van der Waals surface area contributed by atoms with Gasteiger partial charge in [0.1, 0.15) is 16.9 Å². The number of nitriles is 1. The molecule has 0 bridgehead atoms. The highest BCUT2D eigenvalue weighted by molar-refractivity contribution is 7.98. The van der Waals surface area contributed by atoms with Crippen LogP contribution in [0.3, 0.4) is 0 Å². The number of aryl methyl sites for hydroxylation is 1. The standard InChI is InChI=1S/C16H10F3N3OS2/c1-9-5-10(22-23-9)8-25-15-11(7-20)12(16(17,18)19)6-13(21-15)14-3-2-4-24-14/h2-6H,8H2,1H3. The molecule has 25 heavy (non-hydrogen) atoms. The lowest BCUT2D eigenvalue weighted by Gasteiger charge is -2.13. The van der Waals surface area contributed by atoms with E-state index in [4.69, 9.17) is 4.52 Å². The summed E-state index contributed by atoms with van der Waals surface area (Å²) < 4.78 is 45.1. The number of thiophene rings is 1. The topological polar surface area (TPSA) is 62.7 Å². The molecule has 9 heteroatoms. The van der Waals surface area contributed by atoms with Crippen molar-refractivity contribution in [1.29, 1.82) is 5.26 Å². The molecular formula is C16H10F3N3OS2. The molecule has 0 saturated heterocycles. The summed E-state index contributed by atoms with van der Waals surface area (Å²) >= 11 is 2.31. The van der Waals surface area contributed by atoms with Gasteiger partial charge in [-0.1, -0.05) is 23.0 Å². The second-order valence-corrected chi connectivity index (χ2v) is 6.95. The highest BCUT2D eigenvalue weighted by Gasteiger charge is 2.36. The molecule has 0 saturated carbocycles. The lowest BCUT2D eigenvalue weighted by Crippen LogP contribution is -2.10. The van der Waals surface area contributed by atoms with Gasteiger partial charge in [0, 0.05) is 11.8 Å². The van der Waals surface area contributed by atoms with Crippen molar-refractivity contribution in [2.45, 2.75) is 23.9 Å². The number of hydrogen-bond acceptors (Lipinski definition) is 6. The fourth-order valence-electron chi connectivity index (χ4n) is 2.14. The van der Waals surface area contributed by atoms with Crippen LogP contribution in [0.15, 0.2) is 39.2 Å². The van der Waals surface area contributed by atoms with Gasteiger partial charge in [0.15, 0.2) is 0 Å². The molecule has 128 valence electrons. The molecule has 0 amide bonds. The summed E-state index contributed by atoms with van der Waals surface area (Å²) in [5.41, 5.74) is -0.686. The Balaban J connectivity index is 2.05. The van der Waals surface area contributed by atoms with Crippen LogP contribution < -0.4 is 0 Å². The van der Waals surface area contributed by atoms with Crippen molar-refractivity contribution in [2.75, 3.05) is 0 Å². The molecule has 0 aliphatic heterocycles. The largest absolute Gasteiger partial charge is 0.417 e. The number of hydrogen-bond donors (Lipinski definition) is 0. The number of aromatic nitrogens is 2. The quantitative estimate of drug-likeness (QED) is 0.575. The summed E-state index contributed by atoms with van der Waals surface area (Å²) in [4.78, 5) is 4.88. The number of alkyl halides is 3. The second-order valence-electron chi connectivity index (χ2n) is 5.04. The Labute approximate surface area is 149 Å². The van der Waals surface area contributed by atoms with Gasteiger partial charge >= 0.3 is 6.18 Å². The van der Waals surface area contributed by atoms with Crippen LogP contribution in [0.2, 0.25) is 0 Å². The van der Waals surface area contributed by atoms with Crippen molar-refractivity contribution >= 4 is 23.1 Å². The summed E-state index contributed by atoms with van der Waals surface area (Å²) in [5.74, 6) is 0.858. The molecule has 3 aromatic heterocycles. The SMILES string of the molecule is Cc1cc(CSc2nc(-c3cccs3)cc(C(F)(F)F)c2C#N)no1. The highest BCUT2D eigenvalue weighted by atomic mass is 32.2. The Bertz CT molecular complexity index is 927. The van der Waals surface area contributed by atoms with E-state index in [-0.39, 0.29) is 16.5 Å². The van der Waals surface area contributed by atoms with Gasteiger partial charge in [-0.25, -0.2) is 4.98 Å². The first-order chi connectivity index (χ1) is 11.9. The van der Waals surface area contributed by atoms with Gasteiger partial charge in [-0.15, -0.1) is 11.3 Å². The van der Waals surface area contributed by atoms with Gasteiger partial charge in [-0.2, -0.15) is 18.4 Å². The van der Waals surface area contributed by atoms with Crippen molar-refractivity contribution in [1.82, 2.24) is 10.1 Å². The number of halogens is 3. The smallest absolute Gasteiger partial charge is 0.361 e. The third-order valence-electron chi connectivity index (χ3n) is 3.21. The summed E-state index contributed by atoms with van der Waals surface area (Å²) in [5, 5.41) is 14.8. The zero-order chi connectivity index (χ0) is 18.0. The normalized spacial score (nSPS) is 11.5. The van der Waals surface area contributed by atoms with Crippen LogP contribution in [0.5, 0.6) is 0 Å². The molecule has 0 N–H and O–H groups in total. The van der Waals surface area contributed by atoms with E-state index >= 15 is 0 Å². The third-order valence-corrected chi connectivity index (χ3v) is 5.11. The minimum atomic E-state index is -4.64. The number of rotatable bonds is 4. The first-order valence-electron chi connectivity index (χ1n) is 6.99. The lowest BCUT2D eigenvalue weighted by molar-refractivity contribution is -0.138. The minimum Gasteiger partial charge on any atom is -0.361 e. The predicted molar refractivity (Wildman–Crippen MR) is 88.1 cm³/mol. The maximum Gasteiger partial charge on any atom is 0.417 e. The van der Waals surface area contributed by atoms with Crippen molar-refractivity contribution in [3.8, 4) is 16.6 Å². The summed E-state index contributed by atoms with van der Waals surface area (Å²) in [6, 6.07) is 7.68. The molecule has 0 radical (unpaired) electrons. The van der Waals surface area contributed by atoms with E-state index in [0.29, 0.717) is 16.3 Å². The van der Waals surface area contributed by atoms with E-state index in [0.717, 1.165) is 17.8 Å². The van der Waals surface area contributed by atoms with E-state index in [9.17, 15) is 18.4 Å². The van der Waals surface area contributed by atoms with Gasteiger partial charge in [-0.3, -0.25) is 0 Å². The average molecular weight is 381 g/mol. The van der Waals surface area contributed by atoms with Crippen LogP contribution in [0.4, 0.5) is 13.2 Å². The Morgan fingerprint density at radius 1 is 1.36 bits per heavy atom. The number of thioether (sulfide) groups is 1.